The Balaban J connectivity index is 2.04. The highest BCUT2D eigenvalue weighted by atomic mass is 19.4. The normalized spacial score (nSPS) is 11.8. The number of hydrogen-bond donors (Lipinski definition) is 2. The van der Waals surface area contributed by atoms with Crippen LogP contribution in [0.5, 0.6) is 0 Å². The smallest absolute Gasteiger partial charge is 0.383 e. The van der Waals surface area contributed by atoms with Gasteiger partial charge < -0.3 is 11.5 Å². The van der Waals surface area contributed by atoms with Crippen molar-refractivity contribution >= 4 is 22.7 Å². The number of nitrogens with two attached hydrogens (primary N) is 2. The number of fused-ring (bicyclic) bond motifs is 1. The summed E-state index contributed by atoms with van der Waals surface area (Å²) in [5.74, 6) is 0.315. The van der Waals surface area contributed by atoms with E-state index in [1.807, 2.05) is 0 Å². The summed E-state index contributed by atoms with van der Waals surface area (Å²) in [6.45, 7) is 0. The van der Waals surface area contributed by atoms with Crippen molar-refractivity contribution in [1.29, 1.82) is 0 Å². The lowest BCUT2D eigenvalue weighted by molar-refractivity contribution is -0.137. The molecule has 0 fully saturated rings. The molecule has 3 rings (SSSR count). The average Bonchev–Trinajstić information content (AvgIpc) is 2.49. The summed E-state index contributed by atoms with van der Waals surface area (Å²) < 4.78 is 38.3. The lowest BCUT2D eigenvalue weighted by Gasteiger charge is -2.10. The molecular formula is C15H12F3N5. The second kappa shape index (κ2) is 5.38. The lowest BCUT2D eigenvalue weighted by Crippen LogP contribution is -2.06. The maximum atomic E-state index is 12.8. The highest BCUT2D eigenvalue weighted by Crippen LogP contribution is 2.32. The molecule has 0 aliphatic rings. The van der Waals surface area contributed by atoms with Crippen molar-refractivity contribution in [1.82, 2.24) is 15.0 Å². The largest absolute Gasteiger partial charge is 0.416 e. The summed E-state index contributed by atoms with van der Waals surface area (Å²) in [6, 6.07) is 5.21. The molecule has 0 saturated heterocycles. The van der Waals surface area contributed by atoms with Crippen LogP contribution in [-0.2, 0) is 12.6 Å². The van der Waals surface area contributed by atoms with Gasteiger partial charge in [-0.15, -0.1) is 0 Å². The van der Waals surface area contributed by atoms with Crippen LogP contribution >= 0.6 is 0 Å². The molecule has 0 radical (unpaired) electrons. The second-order valence-electron chi connectivity index (χ2n) is 5.02. The third kappa shape index (κ3) is 3.01. The van der Waals surface area contributed by atoms with Gasteiger partial charge in [0.25, 0.3) is 0 Å². The summed E-state index contributed by atoms with van der Waals surface area (Å²) in [7, 11) is 0. The standard InChI is InChI=1S/C15H12F3N5/c16-15(17,18)10-1-2-11-8(3-4-21-12(11)6-10)5-9-7-22-14(20)23-13(9)19/h1-4,6-7H,5H2,(H4,19,20,22,23). The van der Waals surface area contributed by atoms with Gasteiger partial charge in [-0.05, 0) is 23.8 Å². The van der Waals surface area contributed by atoms with Gasteiger partial charge in [0.2, 0.25) is 5.95 Å². The molecule has 4 N–H and O–H groups in total. The Kier molecular flexibility index (Phi) is 3.51. The van der Waals surface area contributed by atoms with E-state index in [0.29, 0.717) is 17.4 Å². The van der Waals surface area contributed by atoms with Crippen molar-refractivity contribution in [2.75, 3.05) is 11.5 Å². The van der Waals surface area contributed by atoms with Gasteiger partial charge in [0.1, 0.15) is 5.82 Å². The summed E-state index contributed by atoms with van der Waals surface area (Å²) in [5, 5.41) is 0.622. The lowest BCUT2D eigenvalue weighted by atomic mass is 10.0. The first-order chi connectivity index (χ1) is 10.8. The van der Waals surface area contributed by atoms with Crippen LogP contribution < -0.4 is 11.5 Å². The minimum atomic E-state index is -4.40. The van der Waals surface area contributed by atoms with Crippen molar-refractivity contribution in [3.05, 3.63) is 53.3 Å². The molecule has 5 nitrogen and oxygen atoms in total. The number of hydrogen-bond acceptors (Lipinski definition) is 5. The summed E-state index contributed by atoms with van der Waals surface area (Å²) in [4.78, 5) is 11.8. The van der Waals surface area contributed by atoms with Crippen molar-refractivity contribution in [2.45, 2.75) is 12.6 Å². The number of rotatable bonds is 2. The third-order valence-corrected chi connectivity index (χ3v) is 3.46. The van der Waals surface area contributed by atoms with Gasteiger partial charge in [0.15, 0.2) is 0 Å². The number of benzene rings is 1. The van der Waals surface area contributed by atoms with Gasteiger partial charge in [-0.25, -0.2) is 4.98 Å². The molecule has 118 valence electrons. The zero-order valence-electron chi connectivity index (χ0n) is 11.8. The Hall–Kier alpha value is -2.90. The van der Waals surface area contributed by atoms with E-state index in [1.165, 1.54) is 18.5 Å². The predicted octanol–water partition coefficient (Wildman–Crippen LogP) is 2.80. The highest BCUT2D eigenvalue weighted by molar-refractivity contribution is 5.83. The minimum absolute atomic E-state index is 0.0701. The molecule has 1 aromatic carbocycles. The number of pyridine rings is 1. The second-order valence-corrected chi connectivity index (χ2v) is 5.02. The fourth-order valence-corrected chi connectivity index (χ4v) is 2.31. The minimum Gasteiger partial charge on any atom is -0.383 e. The first kappa shape index (κ1) is 15.0. The van der Waals surface area contributed by atoms with E-state index >= 15 is 0 Å². The fraction of sp³-hybridized carbons (Fsp3) is 0.133. The molecular weight excluding hydrogens is 307 g/mol. The number of alkyl halides is 3. The number of anilines is 2. The van der Waals surface area contributed by atoms with E-state index in [9.17, 15) is 13.2 Å². The molecule has 0 amide bonds. The van der Waals surface area contributed by atoms with Gasteiger partial charge in [-0.3, -0.25) is 4.98 Å². The van der Waals surface area contributed by atoms with Crippen LogP contribution in [0, 0.1) is 0 Å². The number of aromatic nitrogens is 3. The topological polar surface area (TPSA) is 90.7 Å². The molecule has 0 aliphatic carbocycles. The average molecular weight is 319 g/mol. The third-order valence-electron chi connectivity index (χ3n) is 3.46. The Morgan fingerprint density at radius 1 is 1.00 bits per heavy atom. The highest BCUT2D eigenvalue weighted by Gasteiger charge is 2.30. The Bertz CT molecular complexity index is 877. The molecule has 3 aromatic rings. The van der Waals surface area contributed by atoms with Crippen molar-refractivity contribution < 1.29 is 13.2 Å². The maximum absolute atomic E-state index is 12.8. The van der Waals surface area contributed by atoms with E-state index in [4.69, 9.17) is 11.5 Å². The molecule has 2 heterocycles. The van der Waals surface area contributed by atoms with E-state index in [2.05, 4.69) is 15.0 Å². The monoisotopic (exact) mass is 319 g/mol. The molecule has 0 spiro atoms. The molecule has 0 unspecified atom stereocenters. The van der Waals surface area contributed by atoms with Crippen LogP contribution in [0.15, 0.2) is 36.7 Å². The Morgan fingerprint density at radius 2 is 1.78 bits per heavy atom. The van der Waals surface area contributed by atoms with Gasteiger partial charge >= 0.3 is 6.18 Å². The van der Waals surface area contributed by atoms with Crippen LogP contribution in [0.1, 0.15) is 16.7 Å². The van der Waals surface area contributed by atoms with Crippen LogP contribution in [0.25, 0.3) is 10.9 Å². The van der Waals surface area contributed by atoms with Gasteiger partial charge in [-0.1, -0.05) is 6.07 Å². The zero-order chi connectivity index (χ0) is 16.6. The Labute approximate surface area is 129 Å². The molecule has 23 heavy (non-hydrogen) atoms. The quantitative estimate of drug-likeness (QED) is 0.758. The first-order valence-electron chi connectivity index (χ1n) is 6.66. The van der Waals surface area contributed by atoms with E-state index in [0.717, 1.165) is 17.7 Å². The van der Waals surface area contributed by atoms with Crippen LogP contribution in [0.2, 0.25) is 0 Å². The summed E-state index contributed by atoms with van der Waals surface area (Å²) >= 11 is 0. The van der Waals surface area contributed by atoms with Gasteiger partial charge in [0.05, 0.1) is 11.1 Å². The molecule has 8 heteroatoms. The van der Waals surface area contributed by atoms with Crippen LogP contribution in [0.4, 0.5) is 24.9 Å². The number of nitrogens with zero attached hydrogens (tertiary/aromatic N) is 3. The first-order valence-corrected chi connectivity index (χ1v) is 6.66. The number of nitrogen functional groups attached to an aromatic ring is 2. The molecule has 0 bridgehead atoms. The van der Waals surface area contributed by atoms with Gasteiger partial charge in [-0.2, -0.15) is 18.2 Å². The predicted molar refractivity (Wildman–Crippen MR) is 80.4 cm³/mol. The molecule has 0 saturated carbocycles. The van der Waals surface area contributed by atoms with Crippen LogP contribution in [0.3, 0.4) is 0 Å². The van der Waals surface area contributed by atoms with Crippen molar-refractivity contribution in [2.24, 2.45) is 0 Å². The van der Waals surface area contributed by atoms with E-state index in [1.54, 1.807) is 6.07 Å². The SMILES string of the molecule is Nc1ncc(Cc2ccnc3cc(C(F)(F)F)ccc23)c(N)n1. The van der Waals surface area contributed by atoms with Gasteiger partial charge in [0, 0.05) is 29.8 Å². The number of halogens is 3. The Morgan fingerprint density at radius 3 is 2.48 bits per heavy atom. The van der Waals surface area contributed by atoms with Crippen molar-refractivity contribution in [3.8, 4) is 0 Å². The molecule has 0 atom stereocenters. The maximum Gasteiger partial charge on any atom is 0.416 e. The summed E-state index contributed by atoms with van der Waals surface area (Å²) in [5.41, 5.74) is 12.2. The summed E-state index contributed by atoms with van der Waals surface area (Å²) in [6.07, 6.45) is -1.06. The van der Waals surface area contributed by atoms with Crippen molar-refractivity contribution in [3.63, 3.8) is 0 Å². The fourth-order valence-electron chi connectivity index (χ4n) is 2.31. The van der Waals surface area contributed by atoms with E-state index < -0.39 is 11.7 Å². The van der Waals surface area contributed by atoms with Crippen LogP contribution in [-0.4, -0.2) is 15.0 Å². The zero-order valence-corrected chi connectivity index (χ0v) is 11.8. The van der Waals surface area contributed by atoms with E-state index in [-0.39, 0.29) is 17.3 Å². The molecule has 0 aliphatic heterocycles. The molecule has 2 aromatic heterocycles.